The van der Waals surface area contributed by atoms with Crippen molar-refractivity contribution in [1.82, 2.24) is 9.80 Å². The molecule has 2 aromatic carbocycles. The number of nitrogens with zero attached hydrogens (tertiary/aromatic N) is 2. The van der Waals surface area contributed by atoms with Crippen molar-refractivity contribution in [3.05, 3.63) is 57.6 Å². The molecule has 0 aliphatic heterocycles. The first-order valence-corrected chi connectivity index (χ1v) is 10.5. The highest BCUT2D eigenvalue weighted by Gasteiger charge is 2.15. The van der Waals surface area contributed by atoms with Crippen LogP contribution in [0.25, 0.3) is 0 Å². The average molecular weight is 417 g/mol. The summed E-state index contributed by atoms with van der Waals surface area (Å²) in [7, 11) is 0. The van der Waals surface area contributed by atoms with Gasteiger partial charge >= 0.3 is 0 Å². The van der Waals surface area contributed by atoms with Crippen LogP contribution in [-0.4, -0.2) is 69.6 Å². The van der Waals surface area contributed by atoms with Crippen molar-refractivity contribution < 1.29 is 20.4 Å². The van der Waals surface area contributed by atoms with Crippen LogP contribution in [0.5, 0.6) is 11.5 Å². The van der Waals surface area contributed by atoms with Gasteiger partial charge in [0, 0.05) is 50.4 Å². The van der Waals surface area contributed by atoms with Crippen LogP contribution in [0.2, 0.25) is 0 Å². The van der Waals surface area contributed by atoms with E-state index in [-0.39, 0.29) is 24.7 Å². The maximum Gasteiger partial charge on any atom is 0.120 e. The van der Waals surface area contributed by atoms with Gasteiger partial charge in [0.05, 0.1) is 13.2 Å². The molecule has 0 aliphatic carbocycles. The van der Waals surface area contributed by atoms with Crippen molar-refractivity contribution in [3.63, 3.8) is 0 Å². The second-order valence-electron chi connectivity index (χ2n) is 8.13. The van der Waals surface area contributed by atoms with Crippen LogP contribution in [0.15, 0.2) is 24.3 Å². The molecule has 0 aromatic heterocycles. The fraction of sp³-hybridized carbons (Fsp3) is 0.500. The molecule has 0 atom stereocenters. The second-order valence-corrected chi connectivity index (χ2v) is 8.13. The summed E-state index contributed by atoms with van der Waals surface area (Å²) in [5.41, 5.74) is 6.03. The van der Waals surface area contributed by atoms with Crippen molar-refractivity contribution in [2.24, 2.45) is 0 Å². The summed E-state index contributed by atoms with van der Waals surface area (Å²) in [6.07, 6.45) is 0. The van der Waals surface area contributed by atoms with Gasteiger partial charge in [-0.25, -0.2) is 0 Å². The van der Waals surface area contributed by atoms with Crippen molar-refractivity contribution in [1.29, 1.82) is 0 Å². The lowest BCUT2D eigenvalue weighted by Crippen LogP contribution is -2.37. The predicted octanol–water partition coefficient (Wildman–Crippen LogP) is 2.62. The van der Waals surface area contributed by atoms with Gasteiger partial charge in [-0.2, -0.15) is 0 Å². The highest BCUT2D eigenvalue weighted by Crippen LogP contribution is 2.27. The maximum absolute atomic E-state index is 10.5. The third-order valence-electron chi connectivity index (χ3n) is 5.74. The maximum atomic E-state index is 10.5. The fourth-order valence-electron chi connectivity index (χ4n) is 3.57. The molecule has 0 radical (unpaired) electrons. The molecule has 2 aromatic rings. The highest BCUT2D eigenvalue weighted by molar-refractivity contribution is 5.42. The molecular formula is C24H36N2O4. The number of aliphatic hydroxyl groups excluding tert-OH is 2. The molecule has 6 nitrogen and oxygen atoms in total. The van der Waals surface area contributed by atoms with Gasteiger partial charge in [-0.1, -0.05) is 12.1 Å². The Balaban J connectivity index is 2.25. The summed E-state index contributed by atoms with van der Waals surface area (Å²) < 4.78 is 0. The number of aryl methyl sites for hydroxylation is 4. The minimum atomic E-state index is 0.0376. The van der Waals surface area contributed by atoms with Gasteiger partial charge in [-0.05, 0) is 62.1 Å². The molecule has 0 fully saturated rings. The molecule has 0 heterocycles. The Labute approximate surface area is 180 Å². The lowest BCUT2D eigenvalue weighted by Gasteiger charge is -2.28. The number of phenols is 2. The minimum Gasteiger partial charge on any atom is -0.508 e. The fourth-order valence-corrected chi connectivity index (χ4v) is 3.57. The number of aromatic hydroxyl groups is 2. The van der Waals surface area contributed by atoms with Crippen molar-refractivity contribution in [2.75, 3.05) is 39.4 Å². The molecule has 4 N–H and O–H groups in total. The molecule has 0 aliphatic rings. The van der Waals surface area contributed by atoms with Crippen LogP contribution < -0.4 is 0 Å². The first kappa shape index (κ1) is 24.2. The molecule has 0 amide bonds. The molecule has 0 bridgehead atoms. The number of phenolic OH excluding ortho intramolecular Hbond substituents is 2. The zero-order valence-corrected chi connectivity index (χ0v) is 18.6. The standard InChI is InChI=1S/C24H36N2O4/c1-17-11-21(23(29)13-19(17)3)15-26(6-5-25(7-9-27)8-10-28)16-22-12-18(2)20(4)14-24(22)30/h11-14,27-30H,5-10,15-16H2,1-4H3. The first-order valence-electron chi connectivity index (χ1n) is 10.5. The number of aliphatic hydroxyl groups is 2. The van der Waals surface area contributed by atoms with E-state index < -0.39 is 0 Å². The molecule has 0 unspecified atom stereocenters. The summed E-state index contributed by atoms with van der Waals surface area (Å²) in [6, 6.07) is 7.61. The normalized spacial score (nSPS) is 11.6. The van der Waals surface area contributed by atoms with E-state index in [4.69, 9.17) is 0 Å². The zero-order valence-electron chi connectivity index (χ0n) is 18.6. The summed E-state index contributed by atoms with van der Waals surface area (Å²) in [4.78, 5) is 4.18. The van der Waals surface area contributed by atoms with Crippen LogP contribution in [0.3, 0.4) is 0 Å². The lowest BCUT2D eigenvalue weighted by atomic mass is 10.0. The number of hydrogen-bond donors (Lipinski definition) is 4. The van der Waals surface area contributed by atoms with E-state index in [1.54, 1.807) is 12.1 Å². The van der Waals surface area contributed by atoms with Crippen LogP contribution >= 0.6 is 0 Å². The third-order valence-corrected chi connectivity index (χ3v) is 5.74. The quantitative estimate of drug-likeness (QED) is 0.450. The molecule has 0 saturated heterocycles. The van der Waals surface area contributed by atoms with Gasteiger partial charge in [-0.3, -0.25) is 9.80 Å². The average Bonchev–Trinajstić information content (AvgIpc) is 2.68. The zero-order chi connectivity index (χ0) is 22.3. The van der Waals surface area contributed by atoms with Crippen molar-refractivity contribution >= 4 is 0 Å². The lowest BCUT2D eigenvalue weighted by molar-refractivity contribution is 0.138. The Hall–Kier alpha value is -2.12. The SMILES string of the molecule is Cc1cc(O)c(CN(CCN(CCO)CCO)Cc2cc(C)c(C)cc2O)cc1C. The van der Waals surface area contributed by atoms with E-state index in [2.05, 4.69) is 4.90 Å². The van der Waals surface area contributed by atoms with E-state index in [1.807, 2.05) is 44.7 Å². The van der Waals surface area contributed by atoms with Crippen molar-refractivity contribution in [3.8, 4) is 11.5 Å². The Morgan fingerprint density at radius 3 is 1.33 bits per heavy atom. The van der Waals surface area contributed by atoms with Gasteiger partial charge in [0.25, 0.3) is 0 Å². The molecule has 166 valence electrons. The van der Waals surface area contributed by atoms with E-state index in [1.165, 1.54) is 0 Å². The molecule has 30 heavy (non-hydrogen) atoms. The Bertz CT molecular complexity index is 773. The first-order chi connectivity index (χ1) is 14.2. The van der Waals surface area contributed by atoms with E-state index in [9.17, 15) is 20.4 Å². The molecule has 2 rings (SSSR count). The summed E-state index contributed by atoms with van der Waals surface area (Å²) in [5.74, 6) is 0.546. The number of hydrogen-bond acceptors (Lipinski definition) is 6. The predicted molar refractivity (Wildman–Crippen MR) is 120 cm³/mol. The Morgan fingerprint density at radius 2 is 0.933 bits per heavy atom. The van der Waals surface area contributed by atoms with Crippen LogP contribution in [0.1, 0.15) is 33.4 Å². The molecule has 0 saturated carbocycles. The minimum absolute atomic E-state index is 0.0376. The van der Waals surface area contributed by atoms with E-state index in [0.29, 0.717) is 39.3 Å². The number of benzene rings is 2. The summed E-state index contributed by atoms with van der Waals surface area (Å²) >= 11 is 0. The smallest absolute Gasteiger partial charge is 0.120 e. The summed E-state index contributed by atoms with van der Waals surface area (Å²) in [6.45, 7) is 11.5. The third kappa shape index (κ3) is 6.71. The van der Waals surface area contributed by atoms with Crippen molar-refractivity contribution in [2.45, 2.75) is 40.8 Å². The van der Waals surface area contributed by atoms with Gasteiger partial charge in [0.1, 0.15) is 11.5 Å². The highest BCUT2D eigenvalue weighted by atomic mass is 16.3. The topological polar surface area (TPSA) is 87.4 Å². The van der Waals surface area contributed by atoms with Gasteiger partial charge < -0.3 is 20.4 Å². The van der Waals surface area contributed by atoms with Crippen LogP contribution in [0, 0.1) is 27.7 Å². The second kappa shape index (κ2) is 11.3. The monoisotopic (exact) mass is 416 g/mol. The molecule has 6 heteroatoms. The number of rotatable bonds is 11. The van der Waals surface area contributed by atoms with Crippen LogP contribution in [-0.2, 0) is 13.1 Å². The molecule has 0 spiro atoms. The molecular weight excluding hydrogens is 380 g/mol. The van der Waals surface area contributed by atoms with E-state index >= 15 is 0 Å². The van der Waals surface area contributed by atoms with Gasteiger partial charge in [0.2, 0.25) is 0 Å². The Morgan fingerprint density at radius 1 is 0.567 bits per heavy atom. The Kier molecular flexibility index (Phi) is 9.11. The summed E-state index contributed by atoms with van der Waals surface area (Å²) in [5, 5.41) is 39.5. The largest absolute Gasteiger partial charge is 0.508 e. The van der Waals surface area contributed by atoms with E-state index in [0.717, 1.165) is 33.4 Å². The van der Waals surface area contributed by atoms with Gasteiger partial charge in [-0.15, -0.1) is 0 Å². The van der Waals surface area contributed by atoms with Crippen LogP contribution in [0.4, 0.5) is 0 Å². The van der Waals surface area contributed by atoms with Gasteiger partial charge in [0.15, 0.2) is 0 Å².